The fourth-order valence-corrected chi connectivity index (χ4v) is 5.51. The van der Waals surface area contributed by atoms with Gasteiger partial charge >= 0.3 is 0 Å². The third-order valence-electron chi connectivity index (χ3n) is 7.22. The van der Waals surface area contributed by atoms with Crippen LogP contribution in [0.1, 0.15) is 40.0 Å². The van der Waals surface area contributed by atoms with Crippen molar-refractivity contribution >= 4 is 5.71 Å². The van der Waals surface area contributed by atoms with Gasteiger partial charge in [-0.3, -0.25) is 14.8 Å². The van der Waals surface area contributed by atoms with E-state index < -0.39 is 0 Å². The number of hydrogen-bond donors (Lipinski definition) is 0. The standard InChI is InChI=1S/C24H39N5O2/c1-4-22-23(31-22)28(17-21-6-5-20(15-25)26-21)18-24(7-13-30-14-8-24)29-11-9-27(10-12-29)16-19(2)3/h5-6,19,21-23H,4,7-14,16-18H2,1-3H3. The largest absolute Gasteiger partial charge is 0.381 e. The normalized spacial score (nSPS) is 31.2. The maximum absolute atomic E-state index is 9.17. The van der Waals surface area contributed by atoms with Gasteiger partial charge in [-0.1, -0.05) is 26.8 Å². The Bertz CT molecular complexity index is 701. The zero-order valence-corrected chi connectivity index (χ0v) is 19.5. The highest BCUT2D eigenvalue weighted by atomic mass is 16.6. The number of nitriles is 1. The molecule has 7 heteroatoms. The van der Waals surface area contributed by atoms with Crippen molar-refractivity contribution in [3.63, 3.8) is 0 Å². The molecule has 4 heterocycles. The molecule has 0 aromatic rings. The zero-order chi connectivity index (χ0) is 21.8. The number of ether oxygens (including phenoxy) is 2. The lowest BCUT2D eigenvalue weighted by atomic mass is 9.86. The van der Waals surface area contributed by atoms with E-state index in [4.69, 9.17) is 9.47 Å². The number of rotatable bonds is 9. The van der Waals surface area contributed by atoms with Crippen LogP contribution >= 0.6 is 0 Å². The van der Waals surface area contributed by atoms with Crippen LogP contribution in [-0.4, -0.2) is 103 Å². The molecule has 4 aliphatic rings. The number of nitrogens with zero attached hydrogens (tertiary/aromatic N) is 5. The van der Waals surface area contributed by atoms with Gasteiger partial charge in [-0.25, -0.2) is 0 Å². The molecule has 3 unspecified atom stereocenters. The van der Waals surface area contributed by atoms with Crippen molar-refractivity contribution in [2.24, 2.45) is 10.9 Å². The van der Waals surface area contributed by atoms with Gasteiger partial charge in [-0.15, -0.1) is 0 Å². The van der Waals surface area contributed by atoms with Crippen molar-refractivity contribution < 1.29 is 9.47 Å². The minimum absolute atomic E-state index is 0.0520. The Hall–Kier alpha value is -1.30. The van der Waals surface area contributed by atoms with Gasteiger partial charge in [0.15, 0.2) is 0 Å². The van der Waals surface area contributed by atoms with Crippen LogP contribution in [0.25, 0.3) is 0 Å². The first-order valence-corrected chi connectivity index (χ1v) is 12.1. The molecule has 4 aliphatic heterocycles. The van der Waals surface area contributed by atoms with Crippen LogP contribution in [-0.2, 0) is 9.47 Å². The number of epoxide rings is 1. The maximum Gasteiger partial charge on any atom is 0.137 e. The molecule has 0 radical (unpaired) electrons. The molecule has 3 fully saturated rings. The van der Waals surface area contributed by atoms with Crippen LogP contribution in [0.3, 0.4) is 0 Å². The Labute approximate surface area is 187 Å². The monoisotopic (exact) mass is 429 g/mol. The van der Waals surface area contributed by atoms with Crippen molar-refractivity contribution in [1.29, 1.82) is 5.26 Å². The molecular weight excluding hydrogens is 390 g/mol. The summed E-state index contributed by atoms with van der Waals surface area (Å²) in [6.45, 7) is 16.0. The molecule has 3 atom stereocenters. The van der Waals surface area contributed by atoms with Gasteiger partial charge in [0.1, 0.15) is 18.0 Å². The molecule has 0 bridgehead atoms. The molecule has 172 valence electrons. The maximum atomic E-state index is 9.17. The van der Waals surface area contributed by atoms with Crippen molar-refractivity contribution in [2.75, 3.05) is 59.0 Å². The molecule has 0 spiro atoms. The lowest BCUT2D eigenvalue weighted by Gasteiger charge is -2.51. The lowest BCUT2D eigenvalue weighted by molar-refractivity contribution is -0.0677. The SMILES string of the molecule is CCC1OC1N(CC1C=CC(C#N)=N1)CC1(N2CCN(CC(C)C)CC2)CCOCC1. The lowest BCUT2D eigenvalue weighted by Crippen LogP contribution is -2.63. The molecule has 0 saturated carbocycles. The van der Waals surface area contributed by atoms with Crippen LogP contribution < -0.4 is 0 Å². The van der Waals surface area contributed by atoms with Crippen molar-refractivity contribution in [3.05, 3.63) is 12.2 Å². The summed E-state index contributed by atoms with van der Waals surface area (Å²) in [6.07, 6.45) is 7.61. The molecule has 0 aliphatic carbocycles. The smallest absolute Gasteiger partial charge is 0.137 e. The predicted octanol–water partition coefficient (Wildman–Crippen LogP) is 2.15. The quantitative estimate of drug-likeness (QED) is 0.523. The molecule has 0 amide bonds. The average Bonchev–Trinajstić information content (AvgIpc) is 3.43. The number of aliphatic imine (C=N–C) groups is 1. The molecule has 0 N–H and O–H groups in total. The number of allylic oxidation sites excluding steroid dienone is 1. The van der Waals surface area contributed by atoms with Gasteiger partial charge in [0.25, 0.3) is 0 Å². The molecule has 4 rings (SSSR count). The van der Waals surface area contributed by atoms with E-state index in [1.807, 2.05) is 6.08 Å². The minimum Gasteiger partial charge on any atom is -0.381 e. The topological polar surface area (TPSA) is 67.6 Å². The first-order valence-electron chi connectivity index (χ1n) is 12.1. The van der Waals surface area contributed by atoms with Gasteiger partial charge in [-0.2, -0.15) is 5.26 Å². The Morgan fingerprint density at radius 3 is 2.58 bits per heavy atom. The van der Waals surface area contributed by atoms with E-state index in [1.165, 1.54) is 6.54 Å². The Morgan fingerprint density at radius 1 is 1.26 bits per heavy atom. The first-order chi connectivity index (χ1) is 15.0. The highest BCUT2D eigenvalue weighted by Crippen LogP contribution is 2.36. The zero-order valence-electron chi connectivity index (χ0n) is 19.5. The molecule has 0 aromatic carbocycles. The Balaban J connectivity index is 1.46. The molecule has 3 saturated heterocycles. The Morgan fingerprint density at radius 2 is 2.00 bits per heavy atom. The van der Waals surface area contributed by atoms with Crippen LogP contribution in [0.4, 0.5) is 0 Å². The van der Waals surface area contributed by atoms with Gasteiger partial charge in [0.2, 0.25) is 0 Å². The minimum atomic E-state index is 0.0520. The molecule has 0 aromatic heterocycles. The average molecular weight is 430 g/mol. The summed E-state index contributed by atoms with van der Waals surface area (Å²) in [7, 11) is 0. The van der Waals surface area contributed by atoms with E-state index in [1.54, 1.807) is 0 Å². The van der Waals surface area contributed by atoms with Crippen molar-refractivity contribution in [1.82, 2.24) is 14.7 Å². The summed E-state index contributed by atoms with van der Waals surface area (Å²) >= 11 is 0. The Kier molecular flexibility index (Phi) is 7.45. The molecule has 31 heavy (non-hydrogen) atoms. The van der Waals surface area contributed by atoms with Crippen LogP contribution in [0.5, 0.6) is 0 Å². The summed E-state index contributed by atoms with van der Waals surface area (Å²) < 4.78 is 11.9. The summed E-state index contributed by atoms with van der Waals surface area (Å²) in [5, 5.41) is 9.17. The van der Waals surface area contributed by atoms with Crippen LogP contribution in [0, 0.1) is 17.2 Å². The molecular formula is C24H39N5O2. The summed E-state index contributed by atoms with van der Waals surface area (Å²) in [4.78, 5) is 12.5. The second-order valence-electron chi connectivity index (χ2n) is 9.97. The van der Waals surface area contributed by atoms with E-state index >= 15 is 0 Å². The predicted molar refractivity (Wildman–Crippen MR) is 122 cm³/mol. The van der Waals surface area contributed by atoms with Gasteiger partial charge in [-0.05, 0) is 31.3 Å². The summed E-state index contributed by atoms with van der Waals surface area (Å²) in [5.41, 5.74) is 0.673. The highest BCUT2D eigenvalue weighted by molar-refractivity contribution is 6.08. The first kappa shape index (κ1) is 22.9. The van der Waals surface area contributed by atoms with Gasteiger partial charge in [0.05, 0.1) is 12.1 Å². The van der Waals surface area contributed by atoms with Crippen molar-refractivity contribution in [3.8, 4) is 6.07 Å². The number of piperazine rings is 1. The second kappa shape index (κ2) is 10.1. The fourth-order valence-electron chi connectivity index (χ4n) is 5.51. The fraction of sp³-hybridized carbons (Fsp3) is 0.833. The van der Waals surface area contributed by atoms with Crippen molar-refractivity contribution in [2.45, 2.75) is 63.9 Å². The summed E-state index contributed by atoms with van der Waals surface area (Å²) in [5.74, 6) is 0.718. The van der Waals surface area contributed by atoms with E-state index in [-0.39, 0.29) is 17.8 Å². The van der Waals surface area contributed by atoms with Crippen LogP contribution in [0.2, 0.25) is 0 Å². The highest BCUT2D eigenvalue weighted by Gasteiger charge is 2.48. The third kappa shape index (κ3) is 5.55. The second-order valence-corrected chi connectivity index (χ2v) is 9.97. The van der Waals surface area contributed by atoms with Gasteiger partial charge < -0.3 is 14.4 Å². The van der Waals surface area contributed by atoms with E-state index in [0.717, 1.165) is 77.7 Å². The van der Waals surface area contributed by atoms with E-state index in [0.29, 0.717) is 11.8 Å². The van der Waals surface area contributed by atoms with E-state index in [2.05, 4.69) is 52.6 Å². The third-order valence-corrected chi connectivity index (χ3v) is 7.22. The molecule has 7 nitrogen and oxygen atoms in total. The number of hydrogen-bond acceptors (Lipinski definition) is 7. The summed E-state index contributed by atoms with van der Waals surface area (Å²) in [6, 6.07) is 2.23. The van der Waals surface area contributed by atoms with Crippen LogP contribution in [0.15, 0.2) is 17.1 Å². The van der Waals surface area contributed by atoms with E-state index in [9.17, 15) is 5.26 Å². The van der Waals surface area contributed by atoms with Gasteiger partial charge in [0, 0.05) is 64.6 Å².